The number of hydrogen-bond donors (Lipinski definition) is 0. The molecule has 1 atom stereocenters. The van der Waals surface area contributed by atoms with Crippen molar-refractivity contribution >= 4 is 11.6 Å². The third kappa shape index (κ3) is 2.56. The molecule has 1 aromatic rings. The molecular formula is C10H10ClN. The molecular weight excluding hydrogens is 170 g/mol. The van der Waals surface area contributed by atoms with Gasteiger partial charge < -0.3 is 0 Å². The third-order valence-corrected chi connectivity index (χ3v) is 1.83. The topological polar surface area (TPSA) is 23.8 Å². The highest BCUT2D eigenvalue weighted by Crippen LogP contribution is 2.18. The highest BCUT2D eigenvalue weighted by molar-refractivity contribution is 6.25. The first kappa shape index (κ1) is 9.09. The summed E-state index contributed by atoms with van der Waals surface area (Å²) in [7, 11) is 0. The summed E-state index contributed by atoms with van der Waals surface area (Å²) in [6, 6.07) is 11.8. The second kappa shape index (κ2) is 3.60. The molecule has 0 aliphatic carbocycles. The summed E-state index contributed by atoms with van der Waals surface area (Å²) in [6.07, 6.45) is 0.589. The summed E-state index contributed by atoms with van der Waals surface area (Å²) >= 11 is 5.89. The van der Waals surface area contributed by atoms with Crippen molar-refractivity contribution in [3.63, 3.8) is 0 Å². The van der Waals surface area contributed by atoms with Gasteiger partial charge in [-0.2, -0.15) is 5.26 Å². The molecule has 0 saturated heterocycles. The van der Waals surface area contributed by atoms with Gasteiger partial charge in [0.05, 0.1) is 6.07 Å². The van der Waals surface area contributed by atoms with E-state index in [1.165, 1.54) is 0 Å². The van der Waals surface area contributed by atoms with Gasteiger partial charge in [-0.15, -0.1) is 11.6 Å². The van der Waals surface area contributed by atoms with Gasteiger partial charge in [-0.05, 0) is 12.5 Å². The molecule has 0 bridgehead atoms. The highest BCUT2D eigenvalue weighted by Gasteiger charge is 2.19. The first-order chi connectivity index (χ1) is 5.64. The molecule has 0 aliphatic heterocycles. The summed E-state index contributed by atoms with van der Waals surface area (Å²) in [5, 5.41) is 8.67. The van der Waals surface area contributed by atoms with E-state index in [2.05, 4.69) is 6.07 Å². The predicted molar refractivity (Wildman–Crippen MR) is 50.0 cm³/mol. The molecule has 0 spiro atoms. The summed E-state index contributed by atoms with van der Waals surface area (Å²) in [5.41, 5.74) is 1.09. The van der Waals surface area contributed by atoms with E-state index in [9.17, 15) is 0 Å². The van der Waals surface area contributed by atoms with E-state index in [1.807, 2.05) is 30.3 Å². The van der Waals surface area contributed by atoms with Crippen LogP contribution in [0.4, 0.5) is 0 Å². The Morgan fingerprint density at radius 3 is 2.50 bits per heavy atom. The maximum Gasteiger partial charge on any atom is 0.132 e. The van der Waals surface area contributed by atoms with Crippen molar-refractivity contribution < 1.29 is 0 Å². The largest absolute Gasteiger partial charge is 0.196 e. The van der Waals surface area contributed by atoms with Crippen LogP contribution in [0.5, 0.6) is 0 Å². The summed E-state index contributed by atoms with van der Waals surface area (Å²) < 4.78 is 0. The zero-order chi connectivity index (χ0) is 9.03. The molecule has 0 radical (unpaired) electrons. The zero-order valence-corrected chi connectivity index (χ0v) is 7.67. The molecule has 12 heavy (non-hydrogen) atoms. The standard InChI is InChI=1S/C10H10ClN/c1-10(11,8-12)7-9-5-3-2-4-6-9/h2-6H,7H2,1H3. The number of nitrogens with zero attached hydrogens (tertiary/aromatic N) is 1. The number of rotatable bonds is 2. The van der Waals surface area contributed by atoms with Gasteiger partial charge in [-0.3, -0.25) is 0 Å². The molecule has 62 valence electrons. The molecule has 0 aromatic heterocycles. The third-order valence-electron chi connectivity index (χ3n) is 1.61. The molecule has 0 amide bonds. The van der Waals surface area contributed by atoms with Crippen molar-refractivity contribution in [1.29, 1.82) is 5.26 Å². The average Bonchev–Trinajstić information content (AvgIpc) is 2.06. The lowest BCUT2D eigenvalue weighted by Crippen LogP contribution is -2.16. The van der Waals surface area contributed by atoms with Crippen LogP contribution in [-0.4, -0.2) is 4.87 Å². The fourth-order valence-electron chi connectivity index (χ4n) is 1.02. The summed E-state index contributed by atoms with van der Waals surface area (Å²) in [6.45, 7) is 1.72. The minimum Gasteiger partial charge on any atom is -0.196 e. The molecule has 0 fully saturated rings. The average molecular weight is 180 g/mol. The van der Waals surface area contributed by atoms with Crippen LogP contribution in [0.25, 0.3) is 0 Å². The Morgan fingerprint density at radius 1 is 1.42 bits per heavy atom. The molecule has 0 N–H and O–H groups in total. The van der Waals surface area contributed by atoms with E-state index in [1.54, 1.807) is 6.92 Å². The fourth-order valence-corrected chi connectivity index (χ4v) is 1.17. The number of alkyl halides is 1. The highest BCUT2D eigenvalue weighted by atomic mass is 35.5. The van der Waals surface area contributed by atoms with E-state index >= 15 is 0 Å². The number of hydrogen-bond acceptors (Lipinski definition) is 1. The van der Waals surface area contributed by atoms with Crippen molar-refractivity contribution in [1.82, 2.24) is 0 Å². The molecule has 0 heterocycles. The van der Waals surface area contributed by atoms with Crippen LogP contribution in [0.1, 0.15) is 12.5 Å². The molecule has 1 unspecified atom stereocenters. The number of benzene rings is 1. The van der Waals surface area contributed by atoms with Gasteiger partial charge in [0.2, 0.25) is 0 Å². The fraction of sp³-hybridized carbons (Fsp3) is 0.300. The Balaban J connectivity index is 2.72. The molecule has 1 rings (SSSR count). The van der Waals surface area contributed by atoms with Gasteiger partial charge in [-0.25, -0.2) is 0 Å². The van der Waals surface area contributed by atoms with Gasteiger partial charge in [0.15, 0.2) is 0 Å². The van der Waals surface area contributed by atoms with E-state index in [-0.39, 0.29) is 0 Å². The van der Waals surface area contributed by atoms with E-state index in [0.717, 1.165) is 5.56 Å². The quantitative estimate of drug-likeness (QED) is 0.641. The van der Waals surface area contributed by atoms with Crippen molar-refractivity contribution in [3.8, 4) is 6.07 Å². The van der Waals surface area contributed by atoms with Crippen molar-refractivity contribution in [3.05, 3.63) is 35.9 Å². The lowest BCUT2D eigenvalue weighted by Gasteiger charge is -2.11. The predicted octanol–water partition coefficient (Wildman–Crippen LogP) is 2.75. The minimum atomic E-state index is -0.776. The Morgan fingerprint density at radius 2 is 2.00 bits per heavy atom. The van der Waals surface area contributed by atoms with E-state index in [4.69, 9.17) is 16.9 Å². The van der Waals surface area contributed by atoms with Crippen LogP contribution in [0.2, 0.25) is 0 Å². The first-order valence-electron chi connectivity index (χ1n) is 3.78. The van der Waals surface area contributed by atoms with Crippen LogP contribution in [0.3, 0.4) is 0 Å². The van der Waals surface area contributed by atoms with Crippen LogP contribution >= 0.6 is 11.6 Å². The lowest BCUT2D eigenvalue weighted by molar-refractivity contribution is 0.783. The Kier molecular flexibility index (Phi) is 2.73. The van der Waals surface area contributed by atoms with Gasteiger partial charge in [-0.1, -0.05) is 30.3 Å². The minimum absolute atomic E-state index is 0.589. The number of halogens is 1. The van der Waals surface area contributed by atoms with Crippen molar-refractivity contribution in [2.24, 2.45) is 0 Å². The maximum absolute atomic E-state index is 8.67. The van der Waals surface area contributed by atoms with Crippen molar-refractivity contribution in [2.45, 2.75) is 18.2 Å². The van der Waals surface area contributed by atoms with Gasteiger partial charge >= 0.3 is 0 Å². The van der Waals surface area contributed by atoms with Gasteiger partial charge in [0, 0.05) is 6.42 Å². The van der Waals surface area contributed by atoms with E-state index < -0.39 is 4.87 Å². The van der Waals surface area contributed by atoms with Gasteiger partial charge in [0.25, 0.3) is 0 Å². The normalized spacial score (nSPS) is 14.8. The lowest BCUT2D eigenvalue weighted by atomic mass is 10.0. The van der Waals surface area contributed by atoms with Crippen LogP contribution in [0, 0.1) is 11.3 Å². The molecule has 2 heteroatoms. The van der Waals surface area contributed by atoms with Crippen molar-refractivity contribution in [2.75, 3.05) is 0 Å². The second-order valence-corrected chi connectivity index (χ2v) is 3.81. The summed E-state index contributed by atoms with van der Waals surface area (Å²) in [5.74, 6) is 0. The Hall–Kier alpha value is -1.00. The first-order valence-corrected chi connectivity index (χ1v) is 4.16. The van der Waals surface area contributed by atoms with E-state index in [0.29, 0.717) is 6.42 Å². The maximum atomic E-state index is 8.67. The molecule has 1 nitrogen and oxygen atoms in total. The summed E-state index contributed by atoms with van der Waals surface area (Å²) in [4.78, 5) is -0.776. The van der Waals surface area contributed by atoms with Crippen LogP contribution in [-0.2, 0) is 6.42 Å². The number of nitriles is 1. The molecule has 1 aromatic carbocycles. The Labute approximate surface area is 77.6 Å². The monoisotopic (exact) mass is 179 g/mol. The second-order valence-electron chi connectivity index (χ2n) is 2.97. The van der Waals surface area contributed by atoms with Gasteiger partial charge in [0.1, 0.15) is 4.87 Å². The van der Waals surface area contributed by atoms with Crippen LogP contribution in [0.15, 0.2) is 30.3 Å². The molecule has 0 aliphatic rings. The Bertz CT molecular complexity index is 284. The zero-order valence-electron chi connectivity index (χ0n) is 6.92. The smallest absolute Gasteiger partial charge is 0.132 e. The molecule has 0 saturated carbocycles. The van der Waals surface area contributed by atoms with Crippen LogP contribution < -0.4 is 0 Å². The SMILES string of the molecule is CC(Cl)(C#N)Cc1ccccc1.